The van der Waals surface area contributed by atoms with Crippen molar-refractivity contribution in [1.82, 2.24) is 9.97 Å². The van der Waals surface area contributed by atoms with Gasteiger partial charge < -0.3 is 5.32 Å². The topological polar surface area (TPSA) is 72.0 Å². The first-order chi connectivity index (χ1) is 9.57. The Balaban J connectivity index is 1.95. The van der Waals surface area contributed by atoms with Gasteiger partial charge >= 0.3 is 0 Å². The lowest BCUT2D eigenvalue weighted by molar-refractivity contribution is 0.602. The van der Waals surface area contributed by atoms with Gasteiger partial charge in [0, 0.05) is 11.4 Å². The number of rotatable bonds is 3. The lowest BCUT2D eigenvalue weighted by Crippen LogP contribution is -2.21. The first kappa shape index (κ1) is 13.3. The van der Waals surface area contributed by atoms with E-state index in [0.29, 0.717) is 6.42 Å². The van der Waals surface area contributed by atoms with E-state index in [1.54, 1.807) is 0 Å². The van der Waals surface area contributed by atoms with Crippen LogP contribution in [0.4, 0.5) is 5.82 Å². The maximum absolute atomic E-state index is 11.5. The summed E-state index contributed by atoms with van der Waals surface area (Å²) in [5.74, 6) is 1.17. The molecule has 0 bridgehead atoms. The van der Waals surface area contributed by atoms with Crippen LogP contribution in [0.15, 0.2) is 24.5 Å². The third-order valence-corrected chi connectivity index (χ3v) is 5.45. The Hall–Kier alpha value is -1.69. The van der Waals surface area contributed by atoms with Crippen LogP contribution >= 0.6 is 0 Å². The number of benzene rings is 1. The smallest absolute Gasteiger partial charge is 0.152 e. The third-order valence-electron chi connectivity index (χ3n) is 3.68. The zero-order valence-corrected chi connectivity index (χ0v) is 12.2. The molecule has 5 nitrogen and oxygen atoms in total. The molecule has 2 heterocycles. The number of fused-ring (bicyclic) bond motifs is 1. The molecule has 1 atom stereocenters. The van der Waals surface area contributed by atoms with Gasteiger partial charge in [-0.15, -0.1) is 0 Å². The van der Waals surface area contributed by atoms with E-state index in [0.717, 1.165) is 23.1 Å². The van der Waals surface area contributed by atoms with Crippen molar-refractivity contribution in [2.45, 2.75) is 25.8 Å². The highest BCUT2D eigenvalue weighted by Crippen LogP contribution is 2.24. The fourth-order valence-electron chi connectivity index (χ4n) is 2.54. The van der Waals surface area contributed by atoms with E-state index >= 15 is 0 Å². The predicted molar refractivity (Wildman–Crippen MR) is 79.6 cm³/mol. The minimum atomic E-state index is -2.89. The van der Waals surface area contributed by atoms with E-state index in [1.165, 1.54) is 11.9 Å². The lowest BCUT2D eigenvalue weighted by atomic mass is 10.1. The summed E-state index contributed by atoms with van der Waals surface area (Å²) in [5.41, 5.74) is 2.09. The Morgan fingerprint density at radius 3 is 2.90 bits per heavy atom. The van der Waals surface area contributed by atoms with Crippen molar-refractivity contribution >= 4 is 26.6 Å². The van der Waals surface area contributed by atoms with Gasteiger partial charge in [-0.1, -0.05) is 13.0 Å². The molecular formula is C14H17N3O2S. The summed E-state index contributed by atoms with van der Waals surface area (Å²) in [4.78, 5) is 8.53. The number of aromatic nitrogens is 2. The van der Waals surface area contributed by atoms with E-state index in [-0.39, 0.29) is 17.5 Å². The molecule has 3 rings (SSSR count). The monoisotopic (exact) mass is 291 g/mol. The molecule has 0 aliphatic carbocycles. The summed E-state index contributed by atoms with van der Waals surface area (Å²) in [6.45, 7) is 2.10. The second-order valence-corrected chi connectivity index (χ2v) is 7.40. The maximum Gasteiger partial charge on any atom is 0.152 e. The van der Waals surface area contributed by atoms with Crippen molar-refractivity contribution in [3.05, 3.63) is 30.1 Å². The molecule has 20 heavy (non-hydrogen) atoms. The van der Waals surface area contributed by atoms with Crippen LogP contribution in [-0.4, -0.2) is 35.9 Å². The van der Waals surface area contributed by atoms with Gasteiger partial charge in [-0.05, 0) is 30.5 Å². The summed E-state index contributed by atoms with van der Waals surface area (Å²) in [7, 11) is -2.89. The fraction of sp³-hybridized carbons (Fsp3) is 0.429. The fourth-order valence-corrected chi connectivity index (χ4v) is 4.21. The Morgan fingerprint density at radius 2 is 2.20 bits per heavy atom. The molecule has 2 aromatic rings. The van der Waals surface area contributed by atoms with Gasteiger partial charge in [-0.25, -0.2) is 18.4 Å². The Bertz CT molecular complexity index is 743. The zero-order valence-electron chi connectivity index (χ0n) is 11.3. The molecule has 6 heteroatoms. The average molecular weight is 291 g/mol. The van der Waals surface area contributed by atoms with Gasteiger partial charge in [0.15, 0.2) is 9.84 Å². The standard InChI is InChI=1S/C14H17N3O2S/c1-2-10-3-4-13-12(7-10)14(16-9-15-13)17-11-5-6-20(18,19)8-11/h3-4,7,9,11H,2,5-6,8H2,1H3,(H,15,16,17). The number of sulfone groups is 1. The maximum atomic E-state index is 11.5. The molecule has 1 unspecified atom stereocenters. The van der Waals surface area contributed by atoms with Crippen molar-refractivity contribution < 1.29 is 8.42 Å². The second kappa shape index (κ2) is 5.01. The molecule has 0 amide bonds. The van der Waals surface area contributed by atoms with Crippen molar-refractivity contribution in [2.75, 3.05) is 16.8 Å². The highest BCUT2D eigenvalue weighted by Gasteiger charge is 2.28. The Morgan fingerprint density at radius 1 is 1.35 bits per heavy atom. The van der Waals surface area contributed by atoms with Crippen LogP contribution in [0.25, 0.3) is 10.9 Å². The minimum absolute atomic E-state index is 0.0524. The van der Waals surface area contributed by atoms with Gasteiger partial charge in [-0.2, -0.15) is 0 Å². The molecule has 106 valence electrons. The zero-order chi connectivity index (χ0) is 14.2. The van der Waals surface area contributed by atoms with Crippen LogP contribution in [0.1, 0.15) is 18.9 Å². The van der Waals surface area contributed by atoms with Gasteiger partial charge in [0.25, 0.3) is 0 Å². The Labute approximate surface area is 118 Å². The first-order valence-corrected chi connectivity index (χ1v) is 8.60. The molecule has 1 saturated heterocycles. The van der Waals surface area contributed by atoms with Crippen molar-refractivity contribution in [3.63, 3.8) is 0 Å². The lowest BCUT2D eigenvalue weighted by Gasteiger charge is -2.13. The van der Waals surface area contributed by atoms with Gasteiger partial charge in [-0.3, -0.25) is 0 Å². The normalized spacial score (nSPS) is 21.1. The molecule has 1 aromatic heterocycles. The predicted octanol–water partition coefficient (Wildman–Crippen LogP) is 1.79. The highest BCUT2D eigenvalue weighted by molar-refractivity contribution is 7.91. The largest absolute Gasteiger partial charge is 0.366 e. The van der Waals surface area contributed by atoms with Gasteiger partial charge in [0.05, 0.1) is 17.0 Å². The molecule has 0 spiro atoms. The number of aryl methyl sites for hydroxylation is 1. The van der Waals surface area contributed by atoms with Crippen LogP contribution < -0.4 is 5.32 Å². The number of hydrogen-bond acceptors (Lipinski definition) is 5. The molecule has 1 aromatic carbocycles. The summed E-state index contributed by atoms with van der Waals surface area (Å²) in [6.07, 6.45) is 3.10. The van der Waals surface area contributed by atoms with E-state index < -0.39 is 9.84 Å². The summed E-state index contributed by atoms with van der Waals surface area (Å²) in [6, 6.07) is 6.05. The third kappa shape index (κ3) is 2.60. The average Bonchev–Trinajstić information content (AvgIpc) is 2.78. The number of nitrogens with one attached hydrogen (secondary N) is 1. The van der Waals surface area contributed by atoms with Crippen LogP contribution in [0.3, 0.4) is 0 Å². The molecule has 1 aliphatic rings. The highest BCUT2D eigenvalue weighted by atomic mass is 32.2. The molecule has 0 radical (unpaired) electrons. The van der Waals surface area contributed by atoms with Crippen molar-refractivity contribution in [2.24, 2.45) is 0 Å². The number of hydrogen-bond donors (Lipinski definition) is 1. The molecule has 1 aliphatic heterocycles. The van der Waals surface area contributed by atoms with Gasteiger partial charge in [0.2, 0.25) is 0 Å². The van der Waals surface area contributed by atoms with Crippen LogP contribution in [0.5, 0.6) is 0 Å². The molecule has 0 saturated carbocycles. The SMILES string of the molecule is CCc1ccc2ncnc(NC3CCS(=O)(=O)C3)c2c1. The summed E-state index contributed by atoms with van der Waals surface area (Å²) in [5, 5.41) is 4.22. The van der Waals surface area contributed by atoms with E-state index in [4.69, 9.17) is 0 Å². The minimum Gasteiger partial charge on any atom is -0.366 e. The van der Waals surface area contributed by atoms with Gasteiger partial charge in [0.1, 0.15) is 12.1 Å². The van der Waals surface area contributed by atoms with Crippen molar-refractivity contribution in [3.8, 4) is 0 Å². The second-order valence-electron chi connectivity index (χ2n) is 5.17. The summed E-state index contributed by atoms with van der Waals surface area (Å²) < 4.78 is 23.0. The number of nitrogens with zero attached hydrogens (tertiary/aromatic N) is 2. The number of anilines is 1. The quantitative estimate of drug-likeness (QED) is 0.933. The molecule has 1 N–H and O–H groups in total. The van der Waals surface area contributed by atoms with E-state index in [9.17, 15) is 8.42 Å². The van der Waals surface area contributed by atoms with E-state index in [1.807, 2.05) is 6.07 Å². The van der Waals surface area contributed by atoms with Crippen LogP contribution in [-0.2, 0) is 16.3 Å². The Kier molecular flexibility index (Phi) is 3.33. The van der Waals surface area contributed by atoms with E-state index in [2.05, 4.69) is 34.3 Å². The van der Waals surface area contributed by atoms with Crippen LogP contribution in [0, 0.1) is 0 Å². The van der Waals surface area contributed by atoms with Crippen LogP contribution in [0.2, 0.25) is 0 Å². The molecule has 1 fully saturated rings. The first-order valence-electron chi connectivity index (χ1n) is 6.78. The summed E-state index contributed by atoms with van der Waals surface area (Å²) >= 11 is 0. The molecular weight excluding hydrogens is 274 g/mol. The van der Waals surface area contributed by atoms with Crippen molar-refractivity contribution in [1.29, 1.82) is 0 Å².